The van der Waals surface area contributed by atoms with Crippen LogP contribution in [0.15, 0.2) is 0 Å². The summed E-state index contributed by atoms with van der Waals surface area (Å²) in [5, 5.41) is 3.29. The van der Waals surface area contributed by atoms with Gasteiger partial charge < -0.3 is 5.32 Å². The van der Waals surface area contributed by atoms with E-state index in [0.717, 1.165) is 6.54 Å². The molecule has 0 spiro atoms. The van der Waals surface area contributed by atoms with Crippen molar-refractivity contribution in [3.05, 3.63) is 0 Å². The van der Waals surface area contributed by atoms with E-state index in [0.29, 0.717) is 12.5 Å². The Morgan fingerprint density at radius 1 is 1.38 bits per heavy atom. The topological polar surface area (TPSA) is 49.4 Å². The van der Waals surface area contributed by atoms with Crippen LogP contribution in [0, 0.1) is 0 Å². The third-order valence-electron chi connectivity index (χ3n) is 2.15. The van der Waals surface area contributed by atoms with Crippen LogP contribution < -0.4 is 5.32 Å². The highest BCUT2D eigenvalue weighted by atomic mass is 32.2. The molecule has 0 bridgehead atoms. The van der Waals surface area contributed by atoms with Crippen LogP contribution in [-0.2, 0) is 10.0 Å². The second-order valence-electron chi connectivity index (χ2n) is 3.68. The Bertz CT molecular complexity index is 245. The molecule has 1 saturated carbocycles. The molecule has 1 aliphatic rings. The summed E-state index contributed by atoms with van der Waals surface area (Å²) in [6.45, 7) is 0.817. The largest absolute Gasteiger partial charge is 0.314 e. The van der Waals surface area contributed by atoms with Crippen molar-refractivity contribution < 1.29 is 8.42 Å². The summed E-state index contributed by atoms with van der Waals surface area (Å²) in [5.74, 6) is 0.250. The lowest BCUT2D eigenvalue weighted by molar-refractivity contribution is 0.516. The van der Waals surface area contributed by atoms with Gasteiger partial charge in [0.1, 0.15) is 0 Å². The van der Waals surface area contributed by atoms with E-state index in [4.69, 9.17) is 0 Å². The highest BCUT2D eigenvalue weighted by Crippen LogP contribution is 2.18. The van der Waals surface area contributed by atoms with Crippen molar-refractivity contribution in [1.82, 2.24) is 9.62 Å². The Morgan fingerprint density at radius 3 is 2.46 bits per heavy atom. The SMILES string of the molecule is CN(C)S(=O)(=O)CCCNC1CC1. The van der Waals surface area contributed by atoms with Crippen molar-refractivity contribution in [2.75, 3.05) is 26.4 Å². The van der Waals surface area contributed by atoms with Gasteiger partial charge >= 0.3 is 0 Å². The molecule has 0 aromatic heterocycles. The molecule has 0 aromatic rings. The molecule has 4 nitrogen and oxygen atoms in total. The van der Waals surface area contributed by atoms with E-state index in [1.807, 2.05) is 0 Å². The zero-order valence-electron chi connectivity index (χ0n) is 8.28. The van der Waals surface area contributed by atoms with Crippen LogP contribution in [0.25, 0.3) is 0 Å². The molecule has 0 aromatic carbocycles. The van der Waals surface area contributed by atoms with E-state index < -0.39 is 10.0 Å². The number of rotatable bonds is 6. The van der Waals surface area contributed by atoms with Crippen molar-refractivity contribution in [2.24, 2.45) is 0 Å². The average molecular weight is 206 g/mol. The zero-order chi connectivity index (χ0) is 9.90. The average Bonchev–Trinajstić information content (AvgIpc) is 2.81. The van der Waals surface area contributed by atoms with Crippen molar-refractivity contribution >= 4 is 10.0 Å². The van der Waals surface area contributed by atoms with Gasteiger partial charge in [0.05, 0.1) is 5.75 Å². The second-order valence-corrected chi connectivity index (χ2v) is 5.98. The molecule has 1 fully saturated rings. The molecule has 1 rings (SSSR count). The van der Waals surface area contributed by atoms with Gasteiger partial charge in [0.25, 0.3) is 0 Å². The van der Waals surface area contributed by atoms with Gasteiger partial charge in [-0.1, -0.05) is 0 Å². The van der Waals surface area contributed by atoms with Crippen LogP contribution in [0.2, 0.25) is 0 Å². The number of nitrogens with zero attached hydrogens (tertiary/aromatic N) is 1. The van der Waals surface area contributed by atoms with Crippen molar-refractivity contribution in [3.63, 3.8) is 0 Å². The van der Waals surface area contributed by atoms with Crippen LogP contribution in [0.1, 0.15) is 19.3 Å². The predicted molar refractivity (Wildman–Crippen MR) is 53.1 cm³/mol. The lowest BCUT2D eigenvalue weighted by Crippen LogP contribution is -2.27. The van der Waals surface area contributed by atoms with E-state index in [1.54, 1.807) is 14.1 Å². The Kier molecular flexibility index (Phi) is 3.70. The molecule has 1 aliphatic carbocycles. The summed E-state index contributed by atoms with van der Waals surface area (Å²) < 4.78 is 23.9. The van der Waals surface area contributed by atoms with Gasteiger partial charge in [-0.05, 0) is 25.8 Å². The summed E-state index contributed by atoms with van der Waals surface area (Å²) in [4.78, 5) is 0. The lowest BCUT2D eigenvalue weighted by atomic mass is 10.5. The first-order chi connectivity index (χ1) is 6.02. The summed E-state index contributed by atoms with van der Waals surface area (Å²) in [6.07, 6.45) is 3.21. The highest BCUT2D eigenvalue weighted by Gasteiger charge is 2.20. The van der Waals surface area contributed by atoms with Gasteiger partial charge in [-0.25, -0.2) is 12.7 Å². The first kappa shape index (κ1) is 10.9. The van der Waals surface area contributed by atoms with E-state index in [1.165, 1.54) is 17.1 Å². The molecular formula is C8H18N2O2S. The summed E-state index contributed by atoms with van der Waals surface area (Å²) in [5.41, 5.74) is 0. The number of hydrogen-bond acceptors (Lipinski definition) is 3. The summed E-state index contributed by atoms with van der Waals surface area (Å²) >= 11 is 0. The number of nitrogens with one attached hydrogen (secondary N) is 1. The number of sulfonamides is 1. The Labute approximate surface area is 80.4 Å². The minimum Gasteiger partial charge on any atom is -0.314 e. The van der Waals surface area contributed by atoms with Crippen molar-refractivity contribution in [3.8, 4) is 0 Å². The fourth-order valence-electron chi connectivity index (χ4n) is 1.03. The molecule has 0 unspecified atom stereocenters. The molecule has 13 heavy (non-hydrogen) atoms. The second kappa shape index (κ2) is 4.39. The maximum Gasteiger partial charge on any atom is 0.213 e. The van der Waals surface area contributed by atoms with Crippen LogP contribution in [-0.4, -0.2) is 45.2 Å². The zero-order valence-corrected chi connectivity index (χ0v) is 9.10. The molecule has 0 heterocycles. The third kappa shape index (κ3) is 4.06. The quantitative estimate of drug-likeness (QED) is 0.623. The van der Waals surface area contributed by atoms with Gasteiger partial charge in [0.2, 0.25) is 10.0 Å². The highest BCUT2D eigenvalue weighted by molar-refractivity contribution is 7.89. The van der Waals surface area contributed by atoms with Crippen LogP contribution in [0.3, 0.4) is 0 Å². The van der Waals surface area contributed by atoms with Gasteiger partial charge in [-0.3, -0.25) is 0 Å². The Hall–Kier alpha value is -0.130. The smallest absolute Gasteiger partial charge is 0.213 e. The van der Waals surface area contributed by atoms with E-state index in [9.17, 15) is 8.42 Å². The lowest BCUT2D eigenvalue weighted by Gasteiger charge is -2.10. The summed E-state index contributed by atoms with van der Waals surface area (Å²) in [7, 11) is 0.164. The molecule has 78 valence electrons. The standard InChI is InChI=1S/C8H18N2O2S/c1-10(2)13(11,12)7-3-6-9-8-4-5-8/h8-9H,3-7H2,1-2H3. The molecule has 0 aliphatic heterocycles. The van der Waals surface area contributed by atoms with Crippen molar-refractivity contribution in [2.45, 2.75) is 25.3 Å². The monoisotopic (exact) mass is 206 g/mol. The molecule has 0 saturated heterocycles. The first-order valence-electron chi connectivity index (χ1n) is 4.66. The maximum absolute atomic E-state index is 11.3. The van der Waals surface area contributed by atoms with Gasteiger partial charge in [0, 0.05) is 20.1 Å². The van der Waals surface area contributed by atoms with E-state index >= 15 is 0 Å². The molecule has 0 atom stereocenters. The fraction of sp³-hybridized carbons (Fsp3) is 1.00. The maximum atomic E-state index is 11.3. The van der Waals surface area contributed by atoms with E-state index in [-0.39, 0.29) is 5.75 Å². The van der Waals surface area contributed by atoms with Gasteiger partial charge in [-0.15, -0.1) is 0 Å². The van der Waals surface area contributed by atoms with Crippen LogP contribution >= 0.6 is 0 Å². The fourth-order valence-corrected chi connectivity index (χ4v) is 1.91. The molecular weight excluding hydrogens is 188 g/mol. The van der Waals surface area contributed by atoms with E-state index in [2.05, 4.69) is 5.32 Å². The summed E-state index contributed by atoms with van der Waals surface area (Å²) in [6, 6.07) is 0.669. The predicted octanol–water partition coefficient (Wildman–Crippen LogP) is 0.0199. The third-order valence-corrected chi connectivity index (χ3v) is 4.06. The van der Waals surface area contributed by atoms with Gasteiger partial charge in [0.15, 0.2) is 0 Å². The molecule has 0 radical (unpaired) electrons. The molecule has 0 amide bonds. The minimum absolute atomic E-state index is 0.250. The molecule has 1 N–H and O–H groups in total. The Morgan fingerprint density at radius 2 is 2.00 bits per heavy atom. The van der Waals surface area contributed by atoms with Crippen molar-refractivity contribution in [1.29, 1.82) is 0 Å². The van der Waals surface area contributed by atoms with Crippen LogP contribution in [0.4, 0.5) is 0 Å². The van der Waals surface area contributed by atoms with Gasteiger partial charge in [-0.2, -0.15) is 0 Å². The van der Waals surface area contributed by atoms with Crippen LogP contribution in [0.5, 0.6) is 0 Å². The number of hydrogen-bond donors (Lipinski definition) is 1. The molecule has 5 heteroatoms. The first-order valence-corrected chi connectivity index (χ1v) is 6.27. The minimum atomic E-state index is -2.98. The Balaban J connectivity index is 2.09. The normalized spacial score (nSPS) is 18.1.